The van der Waals surface area contributed by atoms with E-state index in [1.165, 1.54) is 7.11 Å². The van der Waals surface area contributed by atoms with Gasteiger partial charge in [0.25, 0.3) is 5.91 Å². The molecule has 0 radical (unpaired) electrons. The number of nitrogens with zero attached hydrogens (tertiary/aromatic N) is 3. The summed E-state index contributed by atoms with van der Waals surface area (Å²) in [5, 5.41) is 9.67. The highest BCUT2D eigenvalue weighted by atomic mass is 35.5. The predicted octanol–water partition coefficient (Wildman–Crippen LogP) is 3.74. The number of anilines is 3. The molecule has 1 amide bonds. The molecule has 3 aromatic rings. The first kappa shape index (κ1) is 21.3. The van der Waals surface area contributed by atoms with E-state index < -0.39 is 0 Å². The number of aromatic nitrogens is 3. The normalized spacial score (nSPS) is 10.4. The summed E-state index contributed by atoms with van der Waals surface area (Å²) < 4.78 is 5.22. The largest absolute Gasteiger partial charge is 0.496 e. The van der Waals surface area contributed by atoms with Gasteiger partial charge in [0.1, 0.15) is 29.0 Å². The molecule has 30 heavy (non-hydrogen) atoms. The highest BCUT2D eigenvalue weighted by Crippen LogP contribution is 2.22. The summed E-state index contributed by atoms with van der Waals surface area (Å²) in [6, 6.07) is 10.6. The molecule has 156 valence electrons. The van der Waals surface area contributed by atoms with E-state index >= 15 is 0 Å². The molecule has 8 nitrogen and oxygen atoms in total. The van der Waals surface area contributed by atoms with E-state index in [1.54, 1.807) is 30.5 Å². The minimum absolute atomic E-state index is 0.261. The van der Waals surface area contributed by atoms with E-state index in [0.717, 1.165) is 5.56 Å². The Hall–Kier alpha value is -3.39. The van der Waals surface area contributed by atoms with Gasteiger partial charge in [0.05, 0.1) is 12.7 Å². The highest BCUT2D eigenvalue weighted by Gasteiger charge is 2.12. The zero-order valence-corrected chi connectivity index (χ0v) is 17.7. The van der Waals surface area contributed by atoms with Gasteiger partial charge in [-0.1, -0.05) is 11.6 Å². The van der Waals surface area contributed by atoms with Crippen LogP contribution in [0.15, 0.2) is 42.6 Å². The van der Waals surface area contributed by atoms with Crippen molar-refractivity contribution in [1.82, 2.24) is 20.3 Å². The molecule has 3 N–H and O–H groups in total. The van der Waals surface area contributed by atoms with Crippen LogP contribution in [0.25, 0.3) is 0 Å². The lowest BCUT2D eigenvalue weighted by molar-refractivity contribution is 0.0952. The SMILES string of the molecule is COc1ccc(Cl)cc1C(=O)NCCNc1cc(Nc2cc(C)ccn2)nc(C)n1. The lowest BCUT2D eigenvalue weighted by Gasteiger charge is -2.12. The van der Waals surface area contributed by atoms with E-state index in [-0.39, 0.29) is 5.91 Å². The number of benzene rings is 1. The van der Waals surface area contributed by atoms with Gasteiger partial charge in [-0.2, -0.15) is 0 Å². The highest BCUT2D eigenvalue weighted by molar-refractivity contribution is 6.31. The quantitative estimate of drug-likeness (QED) is 0.471. The number of amides is 1. The first-order valence-corrected chi connectivity index (χ1v) is 9.73. The maximum absolute atomic E-state index is 12.4. The topological polar surface area (TPSA) is 101 Å². The Labute approximate surface area is 180 Å². The number of hydrogen-bond donors (Lipinski definition) is 3. The van der Waals surface area contributed by atoms with E-state index in [9.17, 15) is 4.79 Å². The van der Waals surface area contributed by atoms with E-state index in [1.807, 2.05) is 26.0 Å². The number of rotatable bonds is 8. The average Bonchev–Trinajstić information content (AvgIpc) is 2.70. The van der Waals surface area contributed by atoms with Gasteiger partial charge >= 0.3 is 0 Å². The number of aryl methyl sites for hydroxylation is 2. The average molecular weight is 427 g/mol. The molecule has 0 aliphatic carbocycles. The van der Waals surface area contributed by atoms with E-state index in [4.69, 9.17) is 16.3 Å². The lowest BCUT2D eigenvalue weighted by Crippen LogP contribution is -2.29. The molecule has 0 saturated carbocycles. The van der Waals surface area contributed by atoms with Gasteiger partial charge in [-0.3, -0.25) is 4.79 Å². The summed E-state index contributed by atoms with van der Waals surface area (Å²) in [7, 11) is 1.51. The zero-order valence-electron chi connectivity index (χ0n) is 17.0. The van der Waals surface area contributed by atoms with Crippen LogP contribution in [-0.2, 0) is 0 Å². The lowest BCUT2D eigenvalue weighted by atomic mass is 10.2. The maximum Gasteiger partial charge on any atom is 0.255 e. The number of halogens is 1. The van der Waals surface area contributed by atoms with Crippen molar-refractivity contribution in [2.24, 2.45) is 0 Å². The molecular weight excluding hydrogens is 404 g/mol. The van der Waals surface area contributed by atoms with Gasteiger partial charge in [-0.25, -0.2) is 15.0 Å². The molecule has 0 saturated heterocycles. The molecule has 0 aliphatic heterocycles. The van der Waals surface area contributed by atoms with Crippen molar-refractivity contribution < 1.29 is 9.53 Å². The summed E-state index contributed by atoms with van der Waals surface area (Å²) in [6.45, 7) is 4.68. The molecule has 0 spiro atoms. The molecule has 9 heteroatoms. The van der Waals surface area contributed by atoms with Crippen LogP contribution in [0.1, 0.15) is 21.7 Å². The van der Waals surface area contributed by atoms with Gasteiger partial charge in [-0.15, -0.1) is 0 Å². The Bertz CT molecular complexity index is 1040. The van der Waals surface area contributed by atoms with Crippen molar-refractivity contribution in [2.75, 3.05) is 30.8 Å². The molecule has 2 aromatic heterocycles. The minimum Gasteiger partial charge on any atom is -0.496 e. The minimum atomic E-state index is -0.261. The van der Waals surface area contributed by atoms with Crippen molar-refractivity contribution in [3.8, 4) is 5.75 Å². The molecular formula is C21H23ClN6O2. The number of pyridine rings is 1. The third-order valence-electron chi connectivity index (χ3n) is 4.13. The van der Waals surface area contributed by atoms with Gasteiger partial charge in [0.2, 0.25) is 0 Å². The first-order valence-electron chi connectivity index (χ1n) is 9.35. The molecule has 3 rings (SSSR count). The van der Waals surface area contributed by atoms with Crippen LogP contribution in [0.3, 0.4) is 0 Å². The second-order valence-corrected chi connectivity index (χ2v) is 6.99. The number of carbonyl (C=O) groups excluding carboxylic acids is 1. The van der Waals surface area contributed by atoms with Crippen LogP contribution in [0.5, 0.6) is 5.75 Å². The summed E-state index contributed by atoms with van der Waals surface area (Å²) in [5.41, 5.74) is 1.49. The number of methoxy groups -OCH3 is 1. The second-order valence-electron chi connectivity index (χ2n) is 6.56. The standard InChI is InChI=1S/C21H23ClN6O2/c1-13-6-7-23-18(10-13)28-20-12-19(26-14(2)27-20)24-8-9-25-21(29)16-11-15(22)4-5-17(16)30-3/h4-7,10-12H,8-9H2,1-3H3,(H,25,29)(H2,23,24,26,27,28). The Kier molecular flexibility index (Phi) is 7.03. The first-order chi connectivity index (χ1) is 14.4. The van der Waals surface area contributed by atoms with Crippen LogP contribution < -0.4 is 20.7 Å². The van der Waals surface area contributed by atoms with Gasteiger partial charge in [0, 0.05) is 30.4 Å². The number of carbonyl (C=O) groups is 1. The van der Waals surface area contributed by atoms with Gasteiger partial charge in [0.15, 0.2) is 0 Å². The molecule has 0 fully saturated rings. The fourth-order valence-electron chi connectivity index (χ4n) is 2.78. The molecule has 2 heterocycles. The predicted molar refractivity (Wildman–Crippen MR) is 118 cm³/mol. The molecule has 0 atom stereocenters. The number of hydrogen-bond acceptors (Lipinski definition) is 7. The van der Waals surface area contributed by atoms with Gasteiger partial charge < -0.3 is 20.7 Å². The van der Waals surface area contributed by atoms with Crippen LogP contribution in [0.4, 0.5) is 17.5 Å². The van der Waals surface area contributed by atoms with Crippen molar-refractivity contribution in [3.63, 3.8) is 0 Å². The third-order valence-corrected chi connectivity index (χ3v) is 4.37. The second kappa shape index (κ2) is 9.89. The maximum atomic E-state index is 12.4. The molecule has 0 aliphatic rings. The summed E-state index contributed by atoms with van der Waals surface area (Å²) >= 11 is 5.98. The van der Waals surface area contributed by atoms with Crippen molar-refractivity contribution in [2.45, 2.75) is 13.8 Å². The van der Waals surface area contributed by atoms with Crippen molar-refractivity contribution >= 4 is 35.0 Å². The van der Waals surface area contributed by atoms with E-state index in [0.29, 0.717) is 52.7 Å². The van der Waals surface area contributed by atoms with Crippen molar-refractivity contribution in [1.29, 1.82) is 0 Å². The van der Waals surface area contributed by atoms with Crippen molar-refractivity contribution in [3.05, 3.63) is 64.6 Å². The zero-order chi connectivity index (χ0) is 21.5. The monoisotopic (exact) mass is 426 g/mol. The Balaban J connectivity index is 1.57. The summed E-state index contributed by atoms with van der Waals surface area (Å²) in [4.78, 5) is 25.4. The summed E-state index contributed by atoms with van der Waals surface area (Å²) in [6.07, 6.45) is 1.74. The van der Waals surface area contributed by atoms with Crippen LogP contribution in [0.2, 0.25) is 5.02 Å². The Morgan fingerprint density at radius 3 is 2.60 bits per heavy atom. The summed E-state index contributed by atoms with van der Waals surface area (Å²) in [5.74, 6) is 2.81. The van der Waals surface area contributed by atoms with Gasteiger partial charge in [-0.05, 0) is 49.7 Å². The fourth-order valence-corrected chi connectivity index (χ4v) is 2.95. The fraction of sp³-hybridized carbons (Fsp3) is 0.238. The Morgan fingerprint density at radius 2 is 1.83 bits per heavy atom. The van der Waals surface area contributed by atoms with E-state index in [2.05, 4.69) is 30.9 Å². The smallest absolute Gasteiger partial charge is 0.255 e. The third kappa shape index (κ3) is 5.81. The van der Waals surface area contributed by atoms with Crippen LogP contribution >= 0.6 is 11.6 Å². The molecule has 0 bridgehead atoms. The Morgan fingerprint density at radius 1 is 1.03 bits per heavy atom. The number of nitrogens with one attached hydrogen (secondary N) is 3. The van der Waals surface area contributed by atoms with Crippen LogP contribution in [0, 0.1) is 13.8 Å². The van der Waals surface area contributed by atoms with Crippen LogP contribution in [-0.4, -0.2) is 41.1 Å². The number of ether oxygens (including phenoxy) is 1. The molecule has 1 aromatic carbocycles. The molecule has 0 unspecified atom stereocenters.